The van der Waals surface area contributed by atoms with E-state index in [2.05, 4.69) is 12.2 Å². The molecule has 1 saturated heterocycles. The fraction of sp³-hybridized carbons (Fsp3) is 0.481. The molecule has 5 rings (SSSR count). The summed E-state index contributed by atoms with van der Waals surface area (Å²) in [5.41, 5.74) is 3.70. The van der Waals surface area contributed by atoms with Gasteiger partial charge in [0, 0.05) is 42.3 Å². The predicted molar refractivity (Wildman–Crippen MR) is 136 cm³/mol. The monoisotopic (exact) mass is 495 g/mol. The summed E-state index contributed by atoms with van der Waals surface area (Å²) in [5.74, 6) is 0.0198. The van der Waals surface area contributed by atoms with Crippen LogP contribution in [0.3, 0.4) is 0 Å². The Morgan fingerprint density at radius 3 is 2.43 bits per heavy atom. The molecule has 35 heavy (non-hydrogen) atoms. The topological polar surface area (TPSA) is 86.8 Å². The highest BCUT2D eigenvalue weighted by Gasteiger charge is 2.40. The Morgan fingerprint density at radius 1 is 1.00 bits per heavy atom. The Bertz CT molecular complexity index is 1250. The molecule has 2 aromatic rings. The third-order valence-electron chi connectivity index (χ3n) is 7.50. The highest BCUT2D eigenvalue weighted by Crippen LogP contribution is 2.40. The number of fused-ring (bicyclic) bond motifs is 1. The number of rotatable bonds is 6. The lowest BCUT2D eigenvalue weighted by Crippen LogP contribution is -2.41. The molecule has 3 aliphatic rings. The van der Waals surface area contributed by atoms with Crippen LogP contribution in [0.25, 0.3) is 0 Å². The number of hydrogen-bond acceptors (Lipinski definition) is 4. The van der Waals surface area contributed by atoms with Crippen LogP contribution in [0.2, 0.25) is 0 Å². The van der Waals surface area contributed by atoms with E-state index >= 15 is 0 Å². The molecule has 2 aromatic carbocycles. The molecule has 1 aliphatic carbocycles. The number of nitrogens with one attached hydrogen (secondary N) is 1. The zero-order valence-electron chi connectivity index (χ0n) is 20.4. The van der Waals surface area contributed by atoms with Crippen molar-refractivity contribution in [3.63, 3.8) is 0 Å². The third kappa shape index (κ3) is 4.74. The van der Waals surface area contributed by atoms with Gasteiger partial charge in [-0.05, 0) is 86.9 Å². The first-order valence-corrected chi connectivity index (χ1v) is 14.1. The molecule has 1 saturated carbocycles. The van der Waals surface area contributed by atoms with Gasteiger partial charge in [-0.15, -0.1) is 0 Å². The van der Waals surface area contributed by atoms with Gasteiger partial charge in [0.2, 0.25) is 21.8 Å². The van der Waals surface area contributed by atoms with Crippen LogP contribution in [0.15, 0.2) is 47.4 Å². The quantitative estimate of drug-likeness (QED) is 0.657. The van der Waals surface area contributed by atoms with Gasteiger partial charge in [-0.2, -0.15) is 4.31 Å². The van der Waals surface area contributed by atoms with Crippen LogP contribution in [-0.4, -0.2) is 43.7 Å². The summed E-state index contributed by atoms with van der Waals surface area (Å²) in [7, 11) is -3.66. The van der Waals surface area contributed by atoms with E-state index in [9.17, 15) is 18.0 Å². The fourth-order valence-corrected chi connectivity index (χ4v) is 6.77. The van der Waals surface area contributed by atoms with E-state index in [1.54, 1.807) is 18.2 Å². The van der Waals surface area contributed by atoms with E-state index in [0.717, 1.165) is 41.8 Å². The van der Waals surface area contributed by atoms with Crippen molar-refractivity contribution < 1.29 is 18.0 Å². The van der Waals surface area contributed by atoms with Gasteiger partial charge in [0.25, 0.3) is 0 Å². The predicted octanol–water partition coefficient (Wildman–Crippen LogP) is 3.98. The molecule has 1 unspecified atom stereocenters. The number of anilines is 2. The summed E-state index contributed by atoms with van der Waals surface area (Å²) in [6.45, 7) is 4.72. The summed E-state index contributed by atoms with van der Waals surface area (Å²) in [6.07, 6.45) is 4.44. The van der Waals surface area contributed by atoms with Crippen molar-refractivity contribution >= 4 is 33.2 Å². The zero-order valence-corrected chi connectivity index (χ0v) is 21.2. The van der Waals surface area contributed by atoms with Gasteiger partial charge in [-0.1, -0.05) is 19.1 Å². The average Bonchev–Trinajstić information content (AvgIpc) is 3.65. The Hall–Kier alpha value is -2.71. The van der Waals surface area contributed by atoms with Gasteiger partial charge in [0.1, 0.15) is 0 Å². The number of amides is 2. The standard InChI is InChI=1S/C27H33N3O4S/c1-3-19-5-4-6-23(16-19)28-26(31)20-11-13-29(14-12-20)35(33,34)24-9-10-25-22(17-24)15-18(2)30(25)27(32)21-7-8-21/h4-6,9-10,16-18,20-21H,3,7-8,11-15H2,1-2H3,(H,28,31). The van der Waals surface area contributed by atoms with Crippen molar-refractivity contribution in [1.82, 2.24) is 4.31 Å². The van der Waals surface area contributed by atoms with E-state index in [0.29, 0.717) is 32.4 Å². The lowest BCUT2D eigenvalue weighted by Gasteiger charge is -2.30. The van der Waals surface area contributed by atoms with Crippen molar-refractivity contribution in [2.24, 2.45) is 11.8 Å². The number of carbonyl (C=O) groups is 2. The van der Waals surface area contributed by atoms with E-state index in [-0.39, 0.29) is 34.6 Å². The van der Waals surface area contributed by atoms with Crippen LogP contribution in [0.1, 0.15) is 50.7 Å². The third-order valence-corrected chi connectivity index (χ3v) is 9.39. The van der Waals surface area contributed by atoms with E-state index in [4.69, 9.17) is 0 Å². The second kappa shape index (κ2) is 9.39. The van der Waals surface area contributed by atoms with Crippen LogP contribution >= 0.6 is 0 Å². The van der Waals surface area contributed by atoms with Crippen molar-refractivity contribution in [3.8, 4) is 0 Å². The molecule has 186 valence electrons. The molecule has 1 atom stereocenters. The molecule has 1 N–H and O–H groups in total. The minimum atomic E-state index is -3.66. The molecule has 0 spiro atoms. The maximum Gasteiger partial charge on any atom is 0.243 e. The van der Waals surface area contributed by atoms with Crippen LogP contribution in [0.5, 0.6) is 0 Å². The van der Waals surface area contributed by atoms with Crippen molar-refractivity contribution in [2.45, 2.75) is 63.3 Å². The van der Waals surface area contributed by atoms with Gasteiger partial charge in [-0.3, -0.25) is 9.59 Å². The SMILES string of the molecule is CCc1cccc(NC(=O)C2CCN(S(=O)(=O)c3ccc4c(c3)CC(C)N4C(=O)C3CC3)CC2)c1. The Labute approximate surface area is 207 Å². The lowest BCUT2D eigenvalue weighted by atomic mass is 9.97. The summed E-state index contributed by atoms with van der Waals surface area (Å²) in [6, 6.07) is 13.0. The molecule has 0 aromatic heterocycles. The van der Waals surface area contributed by atoms with E-state index < -0.39 is 10.0 Å². The normalized spacial score (nSPS) is 21.1. The van der Waals surface area contributed by atoms with E-state index in [1.807, 2.05) is 36.1 Å². The first kappa shape index (κ1) is 24.0. The van der Waals surface area contributed by atoms with Gasteiger partial charge in [0.15, 0.2) is 0 Å². The first-order chi connectivity index (χ1) is 16.8. The second-order valence-electron chi connectivity index (χ2n) is 10.0. The van der Waals surface area contributed by atoms with Crippen LogP contribution in [0, 0.1) is 11.8 Å². The summed E-state index contributed by atoms with van der Waals surface area (Å²) in [5, 5.41) is 2.99. The number of benzene rings is 2. The highest BCUT2D eigenvalue weighted by atomic mass is 32.2. The molecular formula is C27H33N3O4S. The number of piperidine rings is 1. The van der Waals surface area contributed by atoms with Crippen LogP contribution < -0.4 is 10.2 Å². The van der Waals surface area contributed by atoms with Gasteiger partial charge < -0.3 is 10.2 Å². The number of sulfonamides is 1. The zero-order chi connectivity index (χ0) is 24.7. The summed E-state index contributed by atoms with van der Waals surface area (Å²) < 4.78 is 28.3. The molecule has 0 radical (unpaired) electrons. The maximum absolute atomic E-state index is 13.4. The molecule has 2 amide bonds. The van der Waals surface area contributed by atoms with Crippen LogP contribution in [0.4, 0.5) is 11.4 Å². The van der Waals surface area contributed by atoms with Crippen molar-refractivity contribution in [3.05, 3.63) is 53.6 Å². The molecular weight excluding hydrogens is 462 g/mol. The lowest BCUT2D eigenvalue weighted by molar-refractivity contribution is -0.121. The molecule has 2 fully saturated rings. The minimum absolute atomic E-state index is 0.0448. The largest absolute Gasteiger partial charge is 0.326 e. The highest BCUT2D eigenvalue weighted by molar-refractivity contribution is 7.89. The Kier molecular flexibility index (Phi) is 6.44. The second-order valence-corrected chi connectivity index (χ2v) is 12.0. The van der Waals surface area contributed by atoms with Gasteiger partial charge >= 0.3 is 0 Å². The average molecular weight is 496 g/mol. The first-order valence-electron chi connectivity index (χ1n) is 12.6. The Balaban J connectivity index is 1.24. The number of carbonyl (C=O) groups excluding carboxylic acids is 2. The van der Waals surface area contributed by atoms with Crippen molar-refractivity contribution in [2.75, 3.05) is 23.3 Å². The van der Waals surface area contributed by atoms with Crippen LogP contribution in [-0.2, 0) is 32.5 Å². The smallest absolute Gasteiger partial charge is 0.243 e. The van der Waals surface area contributed by atoms with Gasteiger partial charge in [-0.25, -0.2) is 8.42 Å². The van der Waals surface area contributed by atoms with Gasteiger partial charge in [0.05, 0.1) is 4.90 Å². The molecule has 0 bridgehead atoms. The molecule has 8 heteroatoms. The molecule has 7 nitrogen and oxygen atoms in total. The molecule has 2 aliphatic heterocycles. The van der Waals surface area contributed by atoms with E-state index in [1.165, 1.54) is 4.31 Å². The number of aryl methyl sites for hydroxylation is 1. The Morgan fingerprint density at radius 2 is 1.74 bits per heavy atom. The summed E-state index contributed by atoms with van der Waals surface area (Å²) >= 11 is 0. The molecule has 2 heterocycles. The fourth-order valence-electron chi connectivity index (χ4n) is 5.25. The number of nitrogens with zero attached hydrogens (tertiary/aromatic N) is 2. The maximum atomic E-state index is 13.4. The van der Waals surface area contributed by atoms with Crippen molar-refractivity contribution in [1.29, 1.82) is 0 Å². The summed E-state index contributed by atoms with van der Waals surface area (Å²) in [4.78, 5) is 27.6. The minimum Gasteiger partial charge on any atom is -0.326 e. The number of hydrogen-bond donors (Lipinski definition) is 1.